The van der Waals surface area contributed by atoms with Crippen molar-refractivity contribution in [2.45, 2.75) is 33.0 Å². The van der Waals surface area contributed by atoms with Crippen LogP contribution in [0.25, 0.3) is 0 Å². The maximum Gasteiger partial charge on any atom is 0.119 e. The maximum absolute atomic E-state index is 5.68. The van der Waals surface area contributed by atoms with Gasteiger partial charge in [0.25, 0.3) is 0 Å². The van der Waals surface area contributed by atoms with E-state index in [1.165, 1.54) is 5.69 Å². The van der Waals surface area contributed by atoms with Crippen molar-refractivity contribution in [3.8, 4) is 5.75 Å². The predicted molar refractivity (Wildman–Crippen MR) is 76.1 cm³/mol. The summed E-state index contributed by atoms with van der Waals surface area (Å²) in [4.78, 5) is 0. The number of nitrogens with one attached hydrogen (secondary N) is 1. The highest BCUT2D eigenvalue weighted by molar-refractivity contribution is 5.20. The van der Waals surface area contributed by atoms with Gasteiger partial charge in [0.1, 0.15) is 12.4 Å². The van der Waals surface area contributed by atoms with Gasteiger partial charge in [-0.25, -0.2) is 0 Å². The molecule has 102 valence electrons. The molecule has 1 heterocycles. The van der Waals surface area contributed by atoms with Crippen LogP contribution < -0.4 is 10.1 Å². The zero-order chi connectivity index (χ0) is 13.5. The summed E-state index contributed by atoms with van der Waals surface area (Å²) in [5.41, 5.74) is 1.19. The van der Waals surface area contributed by atoms with Crippen LogP contribution in [0.3, 0.4) is 0 Å². The van der Waals surface area contributed by atoms with Crippen LogP contribution >= 0.6 is 0 Å². The van der Waals surface area contributed by atoms with Crippen LogP contribution in [0.2, 0.25) is 0 Å². The van der Waals surface area contributed by atoms with E-state index in [1.54, 1.807) is 0 Å². The lowest BCUT2D eigenvalue weighted by Gasteiger charge is -2.11. The number of aromatic nitrogens is 2. The third kappa shape index (κ3) is 4.41. The van der Waals surface area contributed by atoms with Crippen LogP contribution in [0.15, 0.2) is 42.6 Å². The van der Waals surface area contributed by atoms with Crippen molar-refractivity contribution in [2.24, 2.45) is 0 Å². The zero-order valence-corrected chi connectivity index (χ0v) is 11.5. The third-order valence-corrected chi connectivity index (χ3v) is 2.81. The number of rotatable bonds is 7. The van der Waals surface area contributed by atoms with Crippen LogP contribution in [-0.4, -0.2) is 22.4 Å². The average Bonchev–Trinajstić information content (AvgIpc) is 2.85. The number of ether oxygens (including phenoxy) is 1. The van der Waals surface area contributed by atoms with Gasteiger partial charge in [-0.1, -0.05) is 32.0 Å². The van der Waals surface area contributed by atoms with Crippen LogP contribution in [-0.2, 0) is 13.1 Å². The Labute approximate surface area is 114 Å². The smallest absolute Gasteiger partial charge is 0.119 e. The molecule has 1 N–H and O–H groups in total. The van der Waals surface area contributed by atoms with Crippen molar-refractivity contribution in [2.75, 3.05) is 6.61 Å². The molecule has 0 fully saturated rings. The second-order valence-corrected chi connectivity index (χ2v) is 4.74. The molecule has 0 aliphatic carbocycles. The van der Waals surface area contributed by atoms with Gasteiger partial charge in [-0.2, -0.15) is 5.10 Å². The van der Waals surface area contributed by atoms with Gasteiger partial charge in [0, 0.05) is 18.8 Å². The molecule has 0 aliphatic rings. The Morgan fingerprint density at radius 3 is 2.74 bits per heavy atom. The number of hydrogen-bond acceptors (Lipinski definition) is 3. The summed E-state index contributed by atoms with van der Waals surface area (Å²) in [6.45, 7) is 6.50. The Balaban J connectivity index is 1.81. The van der Waals surface area contributed by atoms with Gasteiger partial charge >= 0.3 is 0 Å². The highest BCUT2D eigenvalue weighted by Crippen LogP contribution is 2.08. The first-order chi connectivity index (χ1) is 9.25. The van der Waals surface area contributed by atoms with Crippen molar-refractivity contribution in [1.29, 1.82) is 0 Å². The molecule has 4 heteroatoms. The van der Waals surface area contributed by atoms with Crippen LogP contribution in [0.4, 0.5) is 0 Å². The van der Waals surface area contributed by atoms with E-state index < -0.39 is 0 Å². The first-order valence-corrected chi connectivity index (χ1v) is 6.67. The fourth-order valence-corrected chi connectivity index (χ4v) is 1.79. The summed E-state index contributed by atoms with van der Waals surface area (Å²) >= 11 is 0. The number of para-hydroxylation sites is 1. The normalized spacial score (nSPS) is 10.9. The van der Waals surface area contributed by atoms with Crippen LogP contribution in [0.1, 0.15) is 19.5 Å². The van der Waals surface area contributed by atoms with Crippen molar-refractivity contribution >= 4 is 0 Å². The van der Waals surface area contributed by atoms with Crippen LogP contribution in [0.5, 0.6) is 5.75 Å². The molecule has 0 spiro atoms. The van der Waals surface area contributed by atoms with E-state index in [9.17, 15) is 0 Å². The second-order valence-electron chi connectivity index (χ2n) is 4.74. The molecule has 1 aromatic carbocycles. The van der Waals surface area contributed by atoms with Gasteiger partial charge in [-0.3, -0.25) is 4.68 Å². The predicted octanol–water partition coefficient (Wildman–Crippen LogP) is 2.46. The molecular formula is C15H21N3O. The van der Waals surface area contributed by atoms with Crippen molar-refractivity contribution < 1.29 is 4.74 Å². The lowest BCUT2D eigenvalue weighted by Crippen LogP contribution is -2.24. The van der Waals surface area contributed by atoms with E-state index >= 15 is 0 Å². The topological polar surface area (TPSA) is 39.1 Å². The Morgan fingerprint density at radius 2 is 2.00 bits per heavy atom. The molecule has 1 aromatic heterocycles. The van der Waals surface area contributed by atoms with E-state index in [4.69, 9.17) is 4.74 Å². The van der Waals surface area contributed by atoms with E-state index in [0.29, 0.717) is 12.6 Å². The minimum atomic E-state index is 0.476. The molecule has 0 radical (unpaired) electrons. The Kier molecular flexibility index (Phi) is 4.98. The van der Waals surface area contributed by atoms with Gasteiger partial charge in [-0.05, 0) is 18.2 Å². The summed E-state index contributed by atoms with van der Waals surface area (Å²) < 4.78 is 7.66. The maximum atomic E-state index is 5.68. The highest BCUT2D eigenvalue weighted by Gasteiger charge is 2.03. The Morgan fingerprint density at radius 1 is 1.21 bits per heavy atom. The van der Waals surface area contributed by atoms with E-state index in [0.717, 1.165) is 18.8 Å². The Hall–Kier alpha value is -1.81. The standard InChI is InChI=1S/C15H21N3O/c1-13(2)16-12-14-8-9-17-18(14)10-11-19-15-6-4-3-5-7-15/h3-9,13,16H,10-12H2,1-2H3. The SMILES string of the molecule is CC(C)NCc1ccnn1CCOc1ccccc1. The molecule has 0 saturated heterocycles. The van der Waals surface area contributed by atoms with Gasteiger partial charge in [0.05, 0.1) is 12.2 Å². The molecule has 19 heavy (non-hydrogen) atoms. The minimum Gasteiger partial charge on any atom is -0.492 e. The summed E-state index contributed by atoms with van der Waals surface area (Å²) in [5, 5.41) is 7.72. The van der Waals surface area contributed by atoms with Gasteiger partial charge in [-0.15, -0.1) is 0 Å². The minimum absolute atomic E-state index is 0.476. The summed E-state index contributed by atoms with van der Waals surface area (Å²) in [7, 11) is 0. The van der Waals surface area contributed by atoms with Crippen molar-refractivity contribution in [3.63, 3.8) is 0 Å². The zero-order valence-electron chi connectivity index (χ0n) is 11.5. The molecule has 2 rings (SSSR count). The quantitative estimate of drug-likeness (QED) is 0.830. The molecule has 0 atom stereocenters. The van der Waals surface area contributed by atoms with Crippen molar-refractivity contribution in [3.05, 3.63) is 48.3 Å². The molecule has 0 unspecified atom stereocenters. The molecule has 2 aromatic rings. The summed E-state index contributed by atoms with van der Waals surface area (Å²) in [5.74, 6) is 0.900. The van der Waals surface area contributed by atoms with Gasteiger partial charge in [0.15, 0.2) is 0 Å². The van der Waals surface area contributed by atoms with E-state index in [-0.39, 0.29) is 0 Å². The monoisotopic (exact) mass is 259 g/mol. The number of nitrogens with zero attached hydrogens (tertiary/aromatic N) is 2. The number of hydrogen-bond donors (Lipinski definition) is 1. The fourth-order valence-electron chi connectivity index (χ4n) is 1.79. The fraction of sp³-hybridized carbons (Fsp3) is 0.400. The van der Waals surface area contributed by atoms with Crippen LogP contribution in [0, 0.1) is 0 Å². The first-order valence-electron chi connectivity index (χ1n) is 6.67. The summed E-state index contributed by atoms with van der Waals surface area (Å²) in [6.07, 6.45) is 1.83. The second kappa shape index (κ2) is 6.95. The first kappa shape index (κ1) is 13.6. The van der Waals surface area contributed by atoms with Crippen molar-refractivity contribution in [1.82, 2.24) is 15.1 Å². The highest BCUT2D eigenvalue weighted by atomic mass is 16.5. The molecule has 4 nitrogen and oxygen atoms in total. The molecular weight excluding hydrogens is 238 g/mol. The van der Waals surface area contributed by atoms with Gasteiger partial charge < -0.3 is 10.1 Å². The summed E-state index contributed by atoms with van der Waals surface area (Å²) in [6, 6.07) is 12.4. The molecule has 0 aliphatic heterocycles. The van der Waals surface area contributed by atoms with E-state index in [1.807, 2.05) is 47.3 Å². The lowest BCUT2D eigenvalue weighted by molar-refractivity contribution is 0.288. The number of benzene rings is 1. The van der Waals surface area contributed by atoms with Gasteiger partial charge in [0.2, 0.25) is 0 Å². The van der Waals surface area contributed by atoms with E-state index in [2.05, 4.69) is 24.3 Å². The molecule has 0 amide bonds. The largest absolute Gasteiger partial charge is 0.492 e. The molecule has 0 saturated carbocycles. The molecule has 0 bridgehead atoms. The lowest BCUT2D eigenvalue weighted by atomic mass is 10.3. The average molecular weight is 259 g/mol. The Bertz CT molecular complexity index is 479. The third-order valence-electron chi connectivity index (χ3n) is 2.81.